The predicted octanol–water partition coefficient (Wildman–Crippen LogP) is 2.03. The first kappa shape index (κ1) is 14.8. The number of amides is 1. The van der Waals surface area contributed by atoms with Crippen LogP contribution in [0.15, 0.2) is 18.5 Å². The lowest BCUT2D eigenvalue weighted by Crippen LogP contribution is -2.22. The first-order valence-electron chi connectivity index (χ1n) is 6.61. The van der Waals surface area contributed by atoms with Gasteiger partial charge >= 0.3 is 0 Å². The number of hydrogen-bond acceptors (Lipinski definition) is 2. The molecule has 0 aliphatic rings. The van der Waals surface area contributed by atoms with Crippen LogP contribution in [-0.2, 0) is 11.3 Å². The molecule has 1 aromatic heterocycles. The van der Waals surface area contributed by atoms with E-state index in [0.29, 0.717) is 12.5 Å². The van der Waals surface area contributed by atoms with Crippen LogP contribution in [0, 0.1) is 0 Å². The maximum absolute atomic E-state index is 11.5. The summed E-state index contributed by atoms with van der Waals surface area (Å²) in [6, 6.07) is 2.55. The van der Waals surface area contributed by atoms with Crippen molar-refractivity contribution in [3.05, 3.63) is 24.0 Å². The molecule has 102 valence electrons. The van der Waals surface area contributed by atoms with E-state index in [1.807, 2.05) is 7.05 Å². The van der Waals surface area contributed by atoms with E-state index in [9.17, 15) is 4.79 Å². The van der Waals surface area contributed by atoms with Crippen LogP contribution in [0.5, 0.6) is 0 Å². The molecular formula is C14H25N3O. The Morgan fingerprint density at radius 2 is 2.22 bits per heavy atom. The highest BCUT2D eigenvalue weighted by molar-refractivity contribution is 5.75. The maximum Gasteiger partial charge on any atom is 0.223 e. The second kappa shape index (κ2) is 7.21. The molecule has 1 N–H and O–H groups in total. The number of carbonyl (C=O) groups is 1. The van der Waals surface area contributed by atoms with Gasteiger partial charge in [-0.05, 0) is 25.1 Å². The quantitative estimate of drug-likeness (QED) is 0.805. The summed E-state index contributed by atoms with van der Waals surface area (Å²) in [4.78, 5) is 13.2. The number of hydrogen-bond donors (Lipinski definition) is 1. The Kier molecular flexibility index (Phi) is 5.92. The van der Waals surface area contributed by atoms with Gasteiger partial charge in [-0.1, -0.05) is 13.3 Å². The minimum Gasteiger partial charge on any atom is -0.353 e. The first-order valence-corrected chi connectivity index (χ1v) is 6.61. The molecule has 1 amide bonds. The van der Waals surface area contributed by atoms with Crippen LogP contribution < -0.4 is 5.32 Å². The van der Waals surface area contributed by atoms with Crippen molar-refractivity contribution in [2.24, 2.45) is 0 Å². The Hall–Kier alpha value is -1.29. The number of aryl methyl sites for hydroxylation is 1. The Labute approximate surface area is 110 Å². The highest BCUT2D eigenvalue weighted by atomic mass is 16.2. The highest BCUT2D eigenvalue weighted by Crippen LogP contribution is 2.18. The van der Waals surface area contributed by atoms with Crippen molar-refractivity contribution < 1.29 is 4.79 Å². The van der Waals surface area contributed by atoms with Gasteiger partial charge in [-0.15, -0.1) is 0 Å². The zero-order valence-electron chi connectivity index (χ0n) is 11.9. The summed E-state index contributed by atoms with van der Waals surface area (Å²) in [6.07, 6.45) is 7.05. The predicted molar refractivity (Wildman–Crippen MR) is 74.5 cm³/mol. The molecule has 1 rings (SSSR count). The van der Waals surface area contributed by atoms with Gasteiger partial charge in [-0.25, -0.2) is 0 Å². The average molecular weight is 251 g/mol. The molecule has 4 nitrogen and oxygen atoms in total. The summed E-state index contributed by atoms with van der Waals surface area (Å²) < 4.78 is 2.09. The summed E-state index contributed by atoms with van der Waals surface area (Å²) in [5.74, 6) is 0.170. The number of rotatable bonds is 7. The lowest BCUT2D eigenvalue weighted by molar-refractivity contribution is -0.128. The molecule has 0 saturated carbocycles. The normalized spacial score (nSPS) is 12.4. The fraction of sp³-hybridized carbons (Fsp3) is 0.643. The Balaban J connectivity index is 2.54. The second-order valence-electron chi connectivity index (χ2n) is 4.85. The average Bonchev–Trinajstić information content (AvgIpc) is 2.81. The van der Waals surface area contributed by atoms with Crippen LogP contribution in [0.4, 0.5) is 0 Å². The SMILES string of the molecule is CCCC(NC)c1ccn(CCC(=O)N(C)C)c1. The van der Waals surface area contributed by atoms with Gasteiger partial charge in [0.2, 0.25) is 5.91 Å². The summed E-state index contributed by atoms with van der Waals surface area (Å²) in [6.45, 7) is 2.94. The topological polar surface area (TPSA) is 37.3 Å². The molecule has 1 aromatic rings. The van der Waals surface area contributed by atoms with Crippen molar-refractivity contribution in [2.75, 3.05) is 21.1 Å². The van der Waals surface area contributed by atoms with E-state index in [1.54, 1.807) is 19.0 Å². The van der Waals surface area contributed by atoms with Gasteiger partial charge in [0.25, 0.3) is 0 Å². The Bertz CT molecular complexity index is 371. The van der Waals surface area contributed by atoms with E-state index in [2.05, 4.69) is 35.3 Å². The fourth-order valence-electron chi connectivity index (χ4n) is 2.02. The van der Waals surface area contributed by atoms with Crippen LogP contribution in [0.2, 0.25) is 0 Å². The molecule has 1 atom stereocenters. The van der Waals surface area contributed by atoms with Crippen molar-refractivity contribution in [1.82, 2.24) is 14.8 Å². The van der Waals surface area contributed by atoms with Gasteiger partial charge in [-0.2, -0.15) is 0 Å². The lowest BCUT2D eigenvalue weighted by atomic mass is 10.1. The van der Waals surface area contributed by atoms with Crippen LogP contribution in [-0.4, -0.2) is 36.5 Å². The summed E-state index contributed by atoms with van der Waals surface area (Å²) in [5, 5.41) is 3.33. The van der Waals surface area contributed by atoms with E-state index >= 15 is 0 Å². The zero-order chi connectivity index (χ0) is 13.5. The molecule has 0 saturated heterocycles. The summed E-state index contributed by atoms with van der Waals surface area (Å²) in [5.41, 5.74) is 1.30. The molecule has 0 bridgehead atoms. The van der Waals surface area contributed by atoms with E-state index in [0.717, 1.165) is 19.4 Å². The van der Waals surface area contributed by atoms with Crippen LogP contribution in [0.1, 0.15) is 37.8 Å². The van der Waals surface area contributed by atoms with Gasteiger partial charge in [-0.3, -0.25) is 4.79 Å². The monoisotopic (exact) mass is 251 g/mol. The number of nitrogens with zero attached hydrogens (tertiary/aromatic N) is 2. The molecule has 0 spiro atoms. The zero-order valence-corrected chi connectivity index (χ0v) is 11.9. The van der Waals surface area contributed by atoms with Crippen molar-refractivity contribution in [3.8, 4) is 0 Å². The third-order valence-corrected chi connectivity index (χ3v) is 3.18. The molecule has 1 unspecified atom stereocenters. The van der Waals surface area contributed by atoms with Crippen LogP contribution >= 0.6 is 0 Å². The Morgan fingerprint density at radius 1 is 1.50 bits per heavy atom. The van der Waals surface area contributed by atoms with Crippen LogP contribution in [0.25, 0.3) is 0 Å². The van der Waals surface area contributed by atoms with Crippen molar-refractivity contribution >= 4 is 5.91 Å². The second-order valence-corrected chi connectivity index (χ2v) is 4.85. The molecule has 0 aliphatic heterocycles. The minimum absolute atomic E-state index is 0.170. The third kappa shape index (κ3) is 4.18. The van der Waals surface area contributed by atoms with Gasteiger partial charge in [0, 0.05) is 45.5 Å². The van der Waals surface area contributed by atoms with E-state index in [-0.39, 0.29) is 5.91 Å². The standard InChI is InChI=1S/C14H25N3O/c1-5-6-13(15-2)12-7-9-17(11-12)10-8-14(18)16(3)4/h7,9,11,13,15H,5-6,8,10H2,1-4H3. The van der Waals surface area contributed by atoms with Crippen LogP contribution in [0.3, 0.4) is 0 Å². The number of aromatic nitrogens is 1. The van der Waals surface area contributed by atoms with E-state index in [4.69, 9.17) is 0 Å². The van der Waals surface area contributed by atoms with Crippen molar-refractivity contribution in [2.45, 2.75) is 38.8 Å². The Morgan fingerprint density at radius 3 is 2.78 bits per heavy atom. The molecule has 18 heavy (non-hydrogen) atoms. The molecular weight excluding hydrogens is 226 g/mol. The maximum atomic E-state index is 11.5. The molecule has 0 aliphatic carbocycles. The number of nitrogens with one attached hydrogen (secondary N) is 1. The largest absolute Gasteiger partial charge is 0.353 e. The smallest absolute Gasteiger partial charge is 0.223 e. The number of carbonyl (C=O) groups excluding carboxylic acids is 1. The molecule has 1 heterocycles. The first-order chi connectivity index (χ1) is 8.58. The molecule has 0 radical (unpaired) electrons. The molecule has 0 fully saturated rings. The lowest BCUT2D eigenvalue weighted by Gasteiger charge is -2.13. The fourth-order valence-corrected chi connectivity index (χ4v) is 2.02. The van der Waals surface area contributed by atoms with E-state index in [1.165, 1.54) is 5.56 Å². The van der Waals surface area contributed by atoms with Gasteiger partial charge in [0.05, 0.1) is 0 Å². The minimum atomic E-state index is 0.170. The van der Waals surface area contributed by atoms with E-state index < -0.39 is 0 Å². The molecule has 0 aromatic carbocycles. The van der Waals surface area contributed by atoms with Gasteiger partial charge in [0.1, 0.15) is 0 Å². The van der Waals surface area contributed by atoms with Gasteiger partial charge in [0.15, 0.2) is 0 Å². The van der Waals surface area contributed by atoms with Crippen molar-refractivity contribution in [3.63, 3.8) is 0 Å². The third-order valence-electron chi connectivity index (χ3n) is 3.18. The summed E-state index contributed by atoms with van der Waals surface area (Å²) in [7, 11) is 5.58. The highest BCUT2D eigenvalue weighted by Gasteiger charge is 2.10. The van der Waals surface area contributed by atoms with Gasteiger partial charge < -0.3 is 14.8 Å². The summed E-state index contributed by atoms with van der Waals surface area (Å²) >= 11 is 0. The van der Waals surface area contributed by atoms with Crippen molar-refractivity contribution in [1.29, 1.82) is 0 Å². The molecule has 4 heteroatoms.